The Morgan fingerprint density at radius 1 is 1.00 bits per heavy atom. The molecule has 0 heterocycles. The minimum Gasteiger partial charge on any atom is -0.460 e. The van der Waals surface area contributed by atoms with Crippen LogP contribution in [0.1, 0.15) is 48.8 Å². The highest BCUT2D eigenvalue weighted by molar-refractivity contribution is 5.83. The van der Waals surface area contributed by atoms with Gasteiger partial charge in [-0.3, -0.25) is 4.79 Å². The van der Waals surface area contributed by atoms with Gasteiger partial charge in [0.05, 0.1) is 17.0 Å². The number of rotatable bonds is 4. The molecule has 1 saturated carbocycles. The molecule has 122 valence electrons. The second-order valence-electron chi connectivity index (χ2n) is 6.39. The van der Waals surface area contributed by atoms with Crippen molar-refractivity contribution >= 4 is 5.97 Å². The summed E-state index contributed by atoms with van der Waals surface area (Å²) in [6, 6.07) is 19.3. The minimum absolute atomic E-state index is 0.143. The van der Waals surface area contributed by atoms with Gasteiger partial charge >= 0.3 is 5.97 Å². The van der Waals surface area contributed by atoms with Crippen LogP contribution in [0.4, 0.5) is 0 Å². The van der Waals surface area contributed by atoms with Gasteiger partial charge in [-0.25, -0.2) is 0 Å². The van der Waals surface area contributed by atoms with E-state index in [4.69, 9.17) is 10.00 Å². The van der Waals surface area contributed by atoms with E-state index >= 15 is 0 Å². The Balaban J connectivity index is 1.82. The molecular weight excluding hydrogens is 298 g/mol. The van der Waals surface area contributed by atoms with E-state index in [1.807, 2.05) is 42.5 Å². The molecule has 0 bridgehead atoms. The van der Waals surface area contributed by atoms with Gasteiger partial charge in [0.15, 0.2) is 0 Å². The van der Waals surface area contributed by atoms with Gasteiger partial charge in [0.25, 0.3) is 0 Å². The molecule has 3 heteroatoms. The first kappa shape index (κ1) is 16.3. The highest BCUT2D eigenvalue weighted by Gasteiger charge is 2.42. The minimum atomic E-state index is -0.568. The number of nitriles is 1. The summed E-state index contributed by atoms with van der Waals surface area (Å²) in [5.74, 6) is -0.143. The van der Waals surface area contributed by atoms with Crippen molar-refractivity contribution in [1.82, 2.24) is 0 Å². The smallest absolute Gasteiger partial charge is 0.316 e. The van der Waals surface area contributed by atoms with Crippen LogP contribution < -0.4 is 0 Å². The summed E-state index contributed by atoms with van der Waals surface area (Å²) in [6.45, 7) is 0.303. The average Bonchev–Trinajstić information content (AvgIpc) is 2.67. The summed E-state index contributed by atoms with van der Waals surface area (Å²) < 4.78 is 5.68. The highest BCUT2D eigenvalue weighted by atomic mass is 16.5. The van der Waals surface area contributed by atoms with Crippen molar-refractivity contribution in [3.63, 3.8) is 0 Å². The Labute approximate surface area is 142 Å². The lowest BCUT2D eigenvalue weighted by atomic mass is 9.69. The lowest BCUT2D eigenvalue weighted by molar-refractivity contribution is -0.153. The normalized spacial score (nSPS) is 16.1. The van der Waals surface area contributed by atoms with Gasteiger partial charge in [0.2, 0.25) is 0 Å². The lowest BCUT2D eigenvalue weighted by Crippen LogP contribution is -2.39. The Morgan fingerprint density at radius 3 is 2.29 bits per heavy atom. The van der Waals surface area contributed by atoms with E-state index < -0.39 is 5.41 Å². The van der Waals surface area contributed by atoms with Crippen molar-refractivity contribution < 1.29 is 9.53 Å². The highest BCUT2D eigenvalue weighted by Crippen LogP contribution is 2.40. The average molecular weight is 319 g/mol. The number of hydrogen-bond donors (Lipinski definition) is 0. The summed E-state index contributed by atoms with van der Waals surface area (Å²) in [7, 11) is 0. The SMILES string of the molecule is N#Cc1ccc(C2(C(=O)OCc3ccccc3)CCCCC2)cc1. The van der Waals surface area contributed by atoms with Crippen molar-refractivity contribution in [2.45, 2.75) is 44.1 Å². The Morgan fingerprint density at radius 2 is 1.67 bits per heavy atom. The summed E-state index contributed by atoms with van der Waals surface area (Å²) in [5.41, 5.74) is 2.01. The Kier molecular flexibility index (Phi) is 4.96. The van der Waals surface area contributed by atoms with Crippen LogP contribution in [0.5, 0.6) is 0 Å². The third-order valence-corrected chi connectivity index (χ3v) is 4.88. The maximum absolute atomic E-state index is 13.0. The van der Waals surface area contributed by atoms with Crippen molar-refractivity contribution in [2.24, 2.45) is 0 Å². The van der Waals surface area contributed by atoms with Crippen LogP contribution in [0.15, 0.2) is 54.6 Å². The van der Waals surface area contributed by atoms with Crippen LogP contribution in [0, 0.1) is 11.3 Å². The zero-order chi connectivity index (χ0) is 16.8. The van der Waals surface area contributed by atoms with E-state index in [1.165, 1.54) is 0 Å². The van der Waals surface area contributed by atoms with Gasteiger partial charge in [0, 0.05) is 0 Å². The summed E-state index contributed by atoms with van der Waals surface area (Å²) in [5, 5.41) is 8.98. The van der Waals surface area contributed by atoms with Gasteiger partial charge in [-0.05, 0) is 36.1 Å². The zero-order valence-electron chi connectivity index (χ0n) is 13.7. The van der Waals surface area contributed by atoms with E-state index in [-0.39, 0.29) is 5.97 Å². The molecule has 0 radical (unpaired) electrons. The topological polar surface area (TPSA) is 50.1 Å². The van der Waals surface area contributed by atoms with Crippen LogP contribution in [0.3, 0.4) is 0 Å². The number of nitrogens with zero attached hydrogens (tertiary/aromatic N) is 1. The summed E-state index contributed by atoms with van der Waals surface area (Å²) in [6.07, 6.45) is 4.84. The number of benzene rings is 2. The fraction of sp³-hybridized carbons (Fsp3) is 0.333. The molecule has 2 aromatic rings. The molecule has 24 heavy (non-hydrogen) atoms. The Bertz CT molecular complexity index is 723. The van der Waals surface area contributed by atoms with E-state index in [0.29, 0.717) is 12.2 Å². The molecule has 0 spiro atoms. The van der Waals surface area contributed by atoms with Crippen molar-refractivity contribution in [1.29, 1.82) is 5.26 Å². The Hall–Kier alpha value is -2.60. The largest absolute Gasteiger partial charge is 0.460 e. The monoisotopic (exact) mass is 319 g/mol. The molecule has 0 aliphatic heterocycles. The second kappa shape index (κ2) is 7.31. The molecule has 1 fully saturated rings. The molecule has 3 rings (SSSR count). The van der Waals surface area contributed by atoms with Crippen LogP contribution >= 0.6 is 0 Å². The number of carbonyl (C=O) groups is 1. The standard InChI is InChI=1S/C21H21NO2/c22-15-17-9-11-19(12-10-17)21(13-5-2-6-14-21)20(23)24-16-18-7-3-1-4-8-18/h1,3-4,7-12H,2,5-6,13-14,16H2. The summed E-state index contributed by atoms with van der Waals surface area (Å²) in [4.78, 5) is 13.0. The first-order valence-corrected chi connectivity index (χ1v) is 8.46. The van der Waals surface area contributed by atoms with Crippen LogP contribution in [0.25, 0.3) is 0 Å². The zero-order valence-corrected chi connectivity index (χ0v) is 13.7. The maximum atomic E-state index is 13.0. The van der Waals surface area contributed by atoms with E-state index in [0.717, 1.165) is 43.2 Å². The van der Waals surface area contributed by atoms with E-state index in [9.17, 15) is 4.79 Å². The van der Waals surface area contributed by atoms with Gasteiger partial charge < -0.3 is 4.74 Å². The molecule has 3 nitrogen and oxygen atoms in total. The number of carbonyl (C=O) groups excluding carboxylic acids is 1. The van der Waals surface area contributed by atoms with Crippen LogP contribution in [-0.2, 0) is 21.6 Å². The molecule has 0 amide bonds. The molecule has 2 aromatic carbocycles. The summed E-state index contributed by atoms with van der Waals surface area (Å²) >= 11 is 0. The van der Waals surface area contributed by atoms with Gasteiger partial charge in [-0.15, -0.1) is 0 Å². The third-order valence-electron chi connectivity index (χ3n) is 4.88. The number of esters is 1. The fourth-order valence-corrected chi connectivity index (χ4v) is 3.49. The van der Waals surface area contributed by atoms with E-state index in [1.54, 1.807) is 12.1 Å². The number of hydrogen-bond acceptors (Lipinski definition) is 3. The second-order valence-corrected chi connectivity index (χ2v) is 6.39. The van der Waals surface area contributed by atoms with Gasteiger partial charge in [-0.1, -0.05) is 61.7 Å². The van der Waals surface area contributed by atoms with Gasteiger partial charge in [0.1, 0.15) is 6.61 Å². The first-order valence-electron chi connectivity index (χ1n) is 8.46. The van der Waals surface area contributed by atoms with Crippen LogP contribution in [0.2, 0.25) is 0 Å². The number of ether oxygens (including phenoxy) is 1. The maximum Gasteiger partial charge on any atom is 0.316 e. The van der Waals surface area contributed by atoms with Gasteiger partial charge in [-0.2, -0.15) is 5.26 Å². The molecule has 0 saturated heterocycles. The molecule has 0 unspecified atom stereocenters. The first-order chi connectivity index (χ1) is 11.7. The molecular formula is C21H21NO2. The predicted molar refractivity (Wildman–Crippen MR) is 92.2 cm³/mol. The quantitative estimate of drug-likeness (QED) is 0.779. The molecule has 0 N–H and O–H groups in total. The van der Waals surface area contributed by atoms with Crippen molar-refractivity contribution in [3.05, 3.63) is 71.3 Å². The lowest BCUT2D eigenvalue weighted by Gasteiger charge is -2.35. The molecule has 1 aliphatic rings. The predicted octanol–water partition coefficient (Wildman–Crippen LogP) is 4.50. The van der Waals surface area contributed by atoms with Crippen LogP contribution in [-0.4, -0.2) is 5.97 Å². The molecule has 0 aromatic heterocycles. The molecule has 1 aliphatic carbocycles. The van der Waals surface area contributed by atoms with E-state index in [2.05, 4.69) is 6.07 Å². The molecule has 0 atom stereocenters. The fourth-order valence-electron chi connectivity index (χ4n) is 3.49. The van der Waals surface area contributed by atoms with Crippen molar-refractivity contribution in [2.75, 3.05) is 0 Å². The third kappa shape index (κ3) is 3.33. The van der Waals surface area contributed by atoms with Crippen molar-refractivity contribution in [3.8, 4) is 6.07 Å².